The maximum absolute atomic E-state index is 13.3. The molecule has 0 bridgehead atoms. The monoisotopic (exact) mass is 445 g/mol. The van der Waals surface area contributed by atoms with Crippen LogP contribution in [0.15, 0.2) is 55.7 Å². The highest BCUT2D eigenvalue weighted by atomic mass is 79.9. The summed E-state index contributed by atoms with van der Waals surface area (Å²) in [6.07, 6.45) is 0. The molecule has 2 heterocycles. The minimum atomic E-state index is -0.419. The molecule has 1 atom stereocenters. The molecule has 0 spiro atoms. The Morgan fingerprint density at radius 1 is 1.37 bits per heavy atom. The molecule has 1 aromatic rings. The molecule has 1 aromatic carbocycles. The summed E-state index contributed by atoms with van der Waals surface area (Å²) in [5.74, 6) is 0.281. The van der Waals surface area contributed by atoms with Crippen molar-refractivity contribution in [2.45, 2.75) is 26.8 Å². The minimum Gasteiger partial charge on any atom is -0.383 e. The van der Waals surface area contributed by atoms with E-state index in [0.29, 0.717) is 40.3 Å². The van der Waals surface area contributed by atoms with Crippen molar-refractivity contribution in [2.24, 2.45) is 10.7 Å². The summed E-state index contributed by atoms with van der Waals surface area (Å²) in [6, 6.07) is 9.50. The van der Waals surface area contributed by atoms with Gasteiger partial charge >= 0.3 is 0 Å². The number of benzene rings is 1. The molecule has 8 heteroatoms. The van der Waals surface area contributed by atoms with Gasteiger partial charge in [-0.2, -0.15) is 5.26 Å². The van der Waals surface area contributed by atoms with Crippen molar-refractivity contribution in [3.63, 3.8) is 0 Å². The van der Waals surface area contributed by atoms with Crippen molar-refractivity contribution in [3.05, 3.63) is 56.3 Å². The Morgan fingerprint density at radius 3 is 2.56 bits per heavy atom. The van der Waals surface area contributed by atoms with Crippen LogP contribution in [0, 0.1) is 11.3 Å². The first-order valence-electron chi connectivity index (χ1n) is 8.64. The molecule has 1 amide bonds. The van der Waals surface area contributed by atoms with Gasteiger partial charge in [0.15, 0.2) is 5.17 Å². The molecule has 0 fully saturated rings. The summed E-state index contributed by atoms with van der Waals surface area (Å²) < 4.78 is 0.949. The van der Waals surface area contributed by atoms with Gasteiger partial charge in [-0.05, 0) is 50.2 Å². The number of thioether (sulfide) groups is 1. The van der Waals surface area contributed by atoms with E-state index in [0.717, 1.165) is 10.0 Å². The smallest absolute Gasteiger partial charge is 0.254 e. The van der Waals surface area contributed by atoms with E-state index in [-0.39, 0.29) is 5.91 Å². The van der Waals surface area contributed by atoms with E-state index in [9.17, 15) is 10.1 Å². The number of fused-ring (bicyclic) bond motifs is 1. The Labute approximate surface area is 171 Å². The second-order valence-corrected chi connectivity index (χ2v) is 8.02. The van der Waals surface area contributed by atoms with Crippen LogP contribution in [0.25, 0.3) is 0 Å². The molecule has 0 aromatic heterocycles. The quantitative estimate of drug-likeness (QED) is 0.763. The summed E-state index contributed by atoms with van der Waals surface area (Å²) in [7, 11) is 0. The number of allylic oxidation sites excluding steroid dienone is 2. The Bertz CT molecular complexity index is 909. The van der Waals surface area contributed by atoms with Gasteiger partial charge in [0.1, 0.15) is 16.8 Å². The van der Waals surface area contributed by atoms with E-state index in [2.05, 4.69) is 27.0 Å². The summed E-state index contributed by atoms with van der Waals surface area (Å²) in [4.78, 5) is 21.9. The molecule has 6 nitrogen and oxygen atoms in total. The molecular weight excluding hydrogens is 426 g/mol. The normalized spacial score (nSPS) is 19.0. The molecule has 0 aliphatic carbocycles. The predicted molar refractivity (Wildman–Crippen MR) is 111 cm³/mol. The van der Waals surface area contributed by atoms with E-state index in [4.69, 9.17) is 5.73 Å². The first-order valence-corrected chi connectivity index (χ1v) is 10.2. The van der Waals surface area contributed by atoms with E-state index >= 15 is 0 Å². The molecule has 2 N–H and O–H groups in total. The van der Waals surface area contributed by atoms with Crippen molar-refractivity contribution in [1.82, 2.24) is 9.80 Å². The molecule has 0 radical (unpaired) electrons. The number of halogens is 1. The van der Waals surface area contributed by atoms with Gasteiger partial charge in [-0.15, -0.1) is 0 Å². The van der Waals surface area contributed by atoms with Crippen molar-refractivity contribution in [3.8, 4) is 6.07 Å². The highest BCUT2D eigenvalue weighted by Crippen LogP contribution is 2.45. The number of amidine groups is 1. The Morgan fingerprint density at radius 2 is 2.00 bits per heavy atom. The summed E-state index contributed by atoms with van der Waals surface area (Å²) in [6.45, 7) is 6.97. The van der Waals surface area contributed by atoms with Gasteiger partial charge in [0.25, 0.3) is 5.91 Å². The number of hydrogen-bond acceptors (Lipinski definition) is 6. The number of nitrogens with two attached hydrogens (primary N) is 1. The topological polar surface area (TPSA) is 85.7 Å². The second-order valence-electron chi connectivity index (χ2n) is 6.12. The number of rotatable bonds is 4. The van der Waals surface area contributed by atoms with Gasteiger partial charge in [0.05, 0.1) is 17.3 Å². The Kier molecular flexibility index (Phi) is 5.63. The van der Waals surface area contributed by atoms with Crippen LogP contribution in [-0.4, -0.2) is 34.0 Å². The zero-order valence-electron chi connectivity index (χ0n) is 15.4. The largest absolute Gasteiger partial charge is 0.383 e. The number of hydrogen-bond donors (Lipinski definition) is 1. The van der Waals surface area contributed by atoms with Crippen LogP contribution < -0.4 is 5.73 Å². The molecule has 2 aliphatic heterocycles. The lowest BCUT2D eigenvalue weighted by atomic mass is 9.93. The fourth-order valence-electron chi connectivity index (χ4n) is 3.26. The summed E-state index contributed by atoms with van der Waals surface area (Å²) in [5.41, 5.74) is 8.44. The third kappa shape index (κ3) is 3.37. The predicted octanol–water partition coefficient (Wildman–Crippen LogP) is 3.70. The number of nitrogens with zero attached hydrogens (tertiary/aromatic N) is 4. The standard InChI is InChI=1S/C19H20BrN5OS/c1-4-24(5-2)18(26)15-11(3)23-19-25(17(22)14(10-21)27-19)16(15)12-6-8-13(20)9-7-12/h6-9,16H,4-5,22H2,1-3H3/t16-/m0/s1. The SMILES string of the molecule is CCN(CC)C(=O)C1=C(C)N=C2SC(C#N)=C(N)N2[C@H]1c1ccc(Br)cc1. The first kappa shape index (κ1) is 19.5. The number of nitriles is 1. The van der Waals surface area contributed by atoms with E-state index < -0.39 is 6.04 Å². The molecular formula is C19H20BrN5OS. The fourth-order valence-corrected chi connectivity index (χ4v) is 4.44. The van der Waals surface area contributed by atoms with Crippen LogP contribution in [0.3, 0.4) is 0 Å². The zero-order valence-corrected chi connectivity index (χ0v) is 17.8. The Hall–Kier alpha value is -2.24. The van der Waals surface area contributed by atoms with E-state index in [1.54, 1.807) is 9.80 Å². The third-order valence-electron chi connectivity index (χ3n) is 4.64. The fraction of sp³-hybridized carbons (Fsp3) is 0.316. The van der Waals surface area contributed by atoms with Gasteiger partial charge in [-0.1, -0.05) is 28.1 Å². The number of likely N-dealkylation sites (N-methyl/N-ethyl adjacent to an activating group) is 1. The molecule has 27 heavy (non-hydrogen) atoms. The van der Waals surface area contributed by atoms with Crippen LogP contribution in [-0.2, 0) is 4.79 Å². The van der Waals surface area contributed by atoms with Crippen LogP contribution in [0.2, 0.25) is 0 Å². The molecule has 0 saturated carbocycles. The average Bonchev–Trinajstić information content (AvgIpc) is 2.97. The molecule has 3 rings (SSSR count). The van der Waals surface area contributed by atoms with Gasteiger partial charge in [-0.3, -0.25) is 9.69 Å². The van der Waals surface area contributed by atoms with Crippen molar-refractivity contribution in [1.29, 1.82) is 5.26 Å². The molecule has 2 aliphatic rings. The summed E-state index contributed by atoms with van der Waals surface area (Å²) in [5, 5.41) is 10.0. The lowest BCUT2D eigenvalue weighted by Gasteiger charge is -2.36. The van der Waals surface area contributed by atoms with Crippen molar-refractivity contribution >= 4 is 38.8 Å². The third-order valence-corrected chi connectivity index (χ3v) is 6.15. The van der Waals surface area contributed by atoms with E-state index in [1.165, 1.54) is 11.8 Å². The highest BCUT2D eigenvalue weighted by molar-refractivity contribution is 9.10. The molecule has 0 unspecified atom stereocenters. The highest BCUT2D eigenvalue weighted by Gasteiger charge is 2.42. The van der Waals surface area contributed by atoms with Crippen LogP contribution in [0.5, 0.6) is 0 Å². The average molecular weight is 446 g/mol. The number of aliphatic imine (C=N–C) groups is 1. The van der Waals surface area contributed by atoms with Crippen molar-refractivity contribution in [2.75, 3.05) is 13.1 Å². The minimum absolute atomic E-state index is 0.0589. The molecule has 140 valence electrons. The first-order chi connectivity index (χ1) is 12.9. The van der Waals surface area contributed by atoms with Crippen LogP contribution in [0.1, 0.15) is 32.4 Å². The van der Waals surface area contributed by atoms with Crippen LogP contribution in [0.4, 0.5) is 0 Å². The van der Waals surface area contributed by atoms with Gasteiger partial charge in [0, 0.05) is 17.6 Å². The zero-order chi connectivity index (χ0) is 19.7. The van der Waals surface area contributed by atoms with E-state index in [1.807, 2.05) is 45.0 Å². The Balaban J connectivity index is 2.19. The molecule has 0 saturated heterocycles. The van der Waals surface area contributed by atoms with Gasteiger partial charge in [-0.25, -0.2) is 4.99 Å². The number of amides is 1. The maximum Gasteiger partial charge on any atom is 0.254 e. The van der Waals surface area contributed by atoms with Crippen molar-refractivity contribution < 1.29 is 4.79 Å². The number of carbonyl (C=O) groups is 1. The van der Waals surface area contributed by atoms with Crippen LogP contribution >= 0.6 is 27.7 Å². The lowest BCUT2D eigenvalue weighted by Crippen LogP contribution is -2.42. The van der Waals surface area contributed by atoms with Gasteiger partial charge < -0.3 is 10.6 Å². The maximum atomic E-state index is 13.3. The summed E-state index contributed by atoms with van der Waals surface area (Å²) >= 11 is 4.70. The second kappa shape index (κ2) is 7.79. The van der Waals surface area contributed by atoms with Gasteiger partial charge in [0.2, 0.25) is 0 Å². The lowest BCUT2D eigenvalue weighted by molar-refractivity contribution is -0.127. The number of carbonyl (C=O) groups excluding carboxylic acids is 1.